The molecule has 2 aromatic heterocycles. The van der Waals surface area contributed by atoms with Crippen LogP contribution in [0.5, 0.6) is 0 Å². The molecule has 3 N–H and O–H groups in total. The lowest BCUT2D eigenvalue weighted by atomic mass is 10.2. The molecule has 0 saturated carbocycles. The Labute approximate surface area is 141 Å². The van der Waals surface area contributed by atoms with E-state index >= 15 is 0 Å². The summed E-state index contributed by atoms with van der Waals surface area (Å²) in [4.78, 5) is 41.9. The number of benzene rings is 1. The van der Waals surface area contributed by atoms with Gasteiger partial charge in [0.25, 0.3) is 5.56 Å². The normalized spacial score (nSPS) is 10.6. The van der Waals surface area contributed by atoms with Gasteiger partial charge in [-0.25, -0.2) is 9.78 Å². The molecule has 0 aliphatic rings. The predicted octanol–water partition coefficient (Wildman–Crippen LogP) is -0.282. The zero-order valence-electron chi connectivity index (χ0n) is 13.4. The van der Waals surface area contributed by atoms with Crippen LogP contribution in [0.15, 0.2) is 46.1 Å². The van der Waals surface area contributed by atoms with Gasteiger partial charge in [0.2, 0.25) is 5.91 Å². The van der Waals surface area contributed by atoms with Crippen LogP contribution in [0.25, 0.3) is 11.4 Å². The molecule has 0 atom stereocenters. The van der Waals surface area contributed by atoms with Crippen LogP contribution in [0.2, 0.25) is 0 Å². The van der Waals surface area contributed by atoms with Crippen molar-refractivity contribution in [2.24, 2.45) is 7.05 Å². The maximum absolute atomic E-state index is 12.0. The van der Waals surface area contributed by atoms with Gasteiger partial charge in [0.15, 0.2) is 5.82 Å². The third-order valence-corrected chi connectivity index (χ3v) is 3.62. The molecule has 1 amide bonds. The van der Waals surface area contributed by atoms with Gasteiger partial charge in [0.05, 0.1) is 13.0 Å². The van der Waals surface area contributed by atoms with Crippen LogP contribution in [0.3, 0.4) is 0 Å². The molecular formula is C16H16N6O3. The first-order valence-electron chi connectivity index (χ1n) is 7.55. The molecule has 1 aromatic carbocycles. The summed E-state index contributed by atoms with van der Waals surface area (Å²) in [5.74, 6) is 0.683. The molecule has 25 heavy (non-hydrogen) atoms. The summed E-state index contributed by atoms with van der Waals surface area (Å²) < 4.78 is 0.922. The molecule has 0 bridgehead atoms. The number of carbonyl (C=O) groups is 1. The maximum atomic E-state index is 12.0. The summed E-state index contributed by atoms with van der Waals surface area (Å²) in [6, 6.07) is 9.45. The number of hydrogen-bond acceptors (Lipinski definition) is 5. The minimum atomic E-state index is -0.524. The lowest BCUT2D eigenvalue weighted by molar-refractivity contribution is -0.120. The molecule has 3 aromatic rings. The van der Waals surface area contributed by atoms with E-state index in [0.29, 0.717) is 11.6 Å². The van der Waals surface area contributed by atoms with Crippen molar-refractivity contribution in [3.63, 3.8) is 0 Å². The van der Waals surface area contributed by atoms with Crippen LogP contribution in [-0.2, 0) is 24.8 Å². The van der Waals surface area contributed by atoms with E-state index in [9.17, 15) is 14.4 Å². The molecule has 9 heteroatoms. The minimum Gasteiger partial charge on any atom is -0.349 e. The van der Waals surface area contributed by atoms with Crippen molar-refractivity contribution in [3.8, 4) is 11.4 Å². The molecule has 9 nitrogen and oxygen atoms in total. The van der Waals surface area contributed by atoms with Gasteiger partial charge < -0.3 is 10.3 Å². The Balaban J connectivity index is 1.62. The van der Waals surface area contributed by atoms with Gasteiger partial charge in [0.1, 0.15) is 5.82 Å². The molecular weight excluding hydrogens is 324 g/mol. The fraction of sp³-hybridized carbons (Fsp3) is 0.188. The third kappa shape index (κ3) is 3.71. The highest BCUT2D eigenvalue weighted by Gasteiger charge is 2.11. The van der Waals surface area contributed by atoms with E-state index in [2.05, 4.69) is 25.5 Å². The Morgan fingerprint density at radius 1 is 1.24 bits per heavy atom. The number of amides is 1. The first-order chi connectivity index (χ1) is 12.0. The zero-order valence-corrected chi connectivity index (χ0v) is 13.4. The topological polar surface area (TPSA) is 126 Å². The molecule has 0 radical (unpaired) electrons. The summed E-state index contributed by atoms with van der Waals surface area (Å²) in [5.41, 5.74) is 0.0596. The van der Waals surface area contributed by atoms with Crippen molar-refractivity contribution in [2.45, 2.75) is 13.0 Å². The molecule has 2 heterocycles. The van der Waals surface area contributed by atoms with Gasteiger partial charge in [-0.15, -0.1) is 0 Å². The number of H-pyrrole nitrogens is 2. The summed E-state index contributed by atoms with van der Waals surface area (Å²) in [6.07, 6.45) is 1.12. The fourth-order valence-corrected chi connectivity index (χ4v) is 2.25. The van der Waals surface area contributed by atoms with Crippen molar-refractivity contribution in [1.29, 1.82) is 0 Å². The Morgan fingerprint density at radius 3 is 2.76 bits per heavy atom. The van der Waals surface area contributed by atoms with E-state index in [0.717, 1.165) is 10.1 Å². The second-order valence-electron chi connectivity index (χ2n) is 5.41. The SMILES string of the molecule is Cn1c(=O)[nH]cc(CC(=O)NCc2nc(-c3ccccc3)n[nH]2)c1=O. The summed E-state index contributed by atoms with van der Waals surface area (Å²) in [6.45, 7) is 0.155. The average Bonchev–Trinajstić information content (AvgIpc) is 3.10. The number of nitrogens with one attached hydrogen (secondary N) is 3. The van der Waals surface area contributed by atoms with Crippen molar-refractivity contribution < 1.29 is 4.79 Å². The van der Waals surface area contributed by atoms with Gasteiger partial charge >= 0.3 is 5.69 Å². The molecule has 0 spiro atoms. The van der Waals surface area contributed by atoms with Crippen LogP contribution in [0, 0.1) is 0 Å². The van der Waals surface area contributed by atoms with Crippen LogP contribution >= 0.6 is 0 Å². The predicted molar refractivity (Wildman–Crippen MR) is 89.7 cm³/mol. The number of aromatic nitrogens is 5. The molecule has 128 valence electrons. The number of nitrogens with zero attached hydrogens (tertiary/aromatic N) is 3. The van der Waals surface area contributed by atoms with Gasteiger partial charge in [-0.1, -0.05) is 30.3 Å². The largest absolute Gasteiger partial charge is 0.349 e. The molecule has 0 fully saturated rings. The van der Waals surface area contributed by atoms with E-state index in [4.69, 9.17) is 0 Å². The lowest BCUT2D eigenvalue weighted by Crippen LogP contribution is -2.36. The van der Waals surface area contributed by atoms with Crippen LogP contribution in [-0.4, -0.2) is 30.6 Å². The molecule has 0 unspecified atom stereocenters. The summed E-state index contributed by atoms with van der Waals surface area (Å²) in [7, 11) is 1.35. The second-order valence-corrected chi connectivity index (χ2v) is 5.41. The van der Waals surface area contributed by atoms with E-state index in [1.54, 1.807) is 0 Å². The van der Waals surface area contributed by atoms with Gasteiger partial charge in [-0.3, -0.25) is 19.3 Å². The number of rotatable bonds is 5. The maximum Gasteiger partial charge on any atom is 0.328 e. The Kier molecular flexibility index (Phi) is 4.55. The number of carbonyl (C=O) groups excluding carboxylic acids is 1. The second kappa shape index (κ2) is 6.95. The van der Waals surface area contributed by atoms with E-state index in [1.165, 1.54) is 13.2 Å². The van der Waals surface area contributed by atoms with Crippen LogP contribution < -0.4 is 16.6 Å². The smallest absolute Gasteiger partial charge is 0.328 e. The Hall–Kier alpha value is -3.49. The van der Waals surface area contributed by atoms with E-state index in [-0.39, 0.29) is 24.4 Å². The first kappa shape index (κ1) is 16.4. The number of hydrogen-bond donors (Lipinski definition) is 3. The van der Waals surface area contributed by atoms with Crippen molar-refractivity contribution >= 4 is 5.91 Å². The first-order valence-corrected chi connectivity index (χ1v) is 7.55. The van der Waals surface area contributed by atoms with Crippen molar-refractivity contribution in [1.82, 2.24) is 30.0 Å². The highest BCUT2D eigenvalue weighted by Crippen LogP contribution is 2.12. The van der Waals surface area contributed by atoms with Gasteiger partial charge in [-0.2, -0.15) is 5.10 Å². The van der Waals surface area contributed by atoms with Crippen molar-refractivity contribution in [2.75, 3.05) is 0 Å². The van der Waals surface area contributed by atoms with Crippen LogP contribution in [0.1, 0.15) is 11.4 Å². The monoisotopic (exact) mass is 340 g/mol. The highest BCUT2D eigenvalue weighted by atomic mass is 16.2. The summed E-state index contributed by atoms with van der Waals surface area (Å²) >= 11 is 0. The zero-order chi connectivity index (χ0) is 17.8. The minimum absolute atomic E-state index is 0.136. The third-order valence-electron chi connectivity index (χ3n) is 3.62. The molecule has 3 rings (SSSR count). The average molecular weight is 340 g/mol. The van der Waals surface area contributed by atoms with Crippen LogP contribution in [0.4, 0.5) is 0 Å². The lowest BCUT2D eigenvalue weighted by Gasteiger charge is -2.04. The van der Waals surface area contributed by atoms with Gasteiger partial charge in [-0.05, 0) is 0 Å². The van der Waals surface area contributed by atoms with E-state index < -0.39 is 11.2 Å². The van der Waals surface area contributed by atoms with Crippen molar-refractivity contribution in [3.05, 3.63) is 68.8 Å². The standard InChI is InChI=1S/C16H16N6O3/c1-22-15(24)11(8-18-16(22)25)7-13(23)17-9-12-19-14(21-20-12)10-5-3-2-4-6-10/h2-6,8H,7,9H2,1H3,(H,17,23)(H,18,25)(H,19,20,21). The van der Waals surface area contributed by atoms with Gasteiger partial charge in [0, 0.05) is 24.4 Å². The van der Waals surface area contributed by atoms with E-state index in [1.807, 2.05) is 30.3 Å². The molecule has 0 saturated heterocycles. The Morgan fingerprint density at radius 2 is 2.00 bits per heavy atom. The Bertz CT molecular complexity index is 1000. The fourth-order valence-electron chi connectivity index (χ4n) is 2.25. The summed E-state index contributed by atoms with van der Waals surface area (Å²) in [5, 5.41) is 9.53. The molecule has 0 aliphatic heterocycles. The number of aromatic amines is 2. The molecule has 0 aliphatic carbocycles. The highest BCUT2D eigenvalue weighted by molar-refractivity contribution is 5.78. The quantitative estimate of drug-likeness (QED) is 0.589.